The number of hydrogen-bond acceptors (Lipinski definition) is 0. The van der Waals surface area contributed by atoms with Gasteiger partial charge < -0.3 is 0 Å². The van der Waals surface area contributed by atoms with Gasteiger partial charge in [-0.15, -0.1) is 0 Å². The molecule has 0 nitrogen and oxygen atoms in total. The van der Waals surface area contributed by atoms with E-state index in [0.29, 0.717) is 5.57 Å². The molecule has 0 aromatic heterocycles. The molecule has 0 radical (unpaired) electrons. The Morgan fingerprint density at radius 2 is 0.761 bits per heavy atom. The second kappa shape index (κ2) is 11.9. The zero-order valence-corrected chi connectivity index (χ0v) is 29.4. The first-order chi connectivity index (χ1) is 21.8. The van der Waals surface area contributed by atoms with Gasteiger partial charge in [-0.05, 0) is 106 Å². The summed E-state index contributed by atoms with van der Waals surface area (Å²) < 4.78 is 31.7. The number of hydrogen-bond donors (Lipinski definition) is 0. The molecule has 0 fully saturated rings. The van der Waals surface area contributed by atoms with Gasteiger partial charge in [0.2, 0.25) is 0 Å². The van der Waals surface area contributed by atoms with Crippen LogP contribution in [0.2, 0.25) is 0 Å². The Balaban J connectivity index is 1.95. The van der Waals surface area contributed by atoms with E-state index in [4.69, 9.17) is 0 Å². The summed E-state index contributed by atoms with van der Waals surface area (Å²) in [6.45, 7) is 16.7. The minimum absolute atomic E-state index is 0.0154. The van der Waals surface area contributed by atoms with Crippen LogP contribution < -0.4 is 0 Å². The highest BCUT2D eigenvalue weighted by Gasteiger charge is 2.49. The van der Waals surface area contributed by atoms with E-state index in [1.807, 2.05) is 0 Å². The summed E-state index contributed by atoms with van der Waals surface area (Å²) >= 11 is 4.43. The maximum Gasteiger partial charge on any atom is 0.134 e. The third-order valence-corrected chi connectivity index (χ3v) is 10.1. The average molecular weight is 674 g/mol. The van der Waals surface area contributed by atoms with Crippen molar-refractivity contribution in [3.8, 4) is 0 Å². The van der Waals surface area contributed by atoms with Crippen molar-refractivity contribution in [3.63, 3.8) is 0 Å². The lowest BCUT2D eigenvalue weighted by molar-refractivity contribution is 0.577. The van der Waals surface area contributed by atoms with E-state index in [9.17, 15) is 0 Å². The molecular formula is C43H39BrF2. The number of alkyl halides is 1. The monoisotopic (exact) mass is 672 g/mol. The normalized spacial score (nSPS) is 16.5. The van der Waals surface area contributed by atoms with Crippen molar-refractivity contribution in [1.29, 1.82) is 0 Å². The number of allylic oxidation sites excluding steroid dienone is 4. The maximum atomic E-state index is 16.3. The van der Waals surface area contributed by atoms with Gasteiger partial charge in [0, 0.05) is 5.57 Å². The van der Waals surface area contributed by atoms with Crippen LogP contribution in [0.1, 0.15) is 72.3 Å². The summed E-state index contributed by atoms with van der Waals surface area (Å²) in [7, 11) is 0. The highest BCUT2D eigenvalue weighted by molar-refractivity contribution is 9.10. The molecule has 0 spiro atoms. The first kappa shape index (κ1) is 31.9. The van der Waals surface area contributed by atoms with E-state index >= 15 is 8.78 Å². The number of benzene rings is 5. The second-order valence-corrected chi connectivity index (χ2v) is 14.5. The predicted octanol–water partition coefficient (Wildman–Crippen LogP) is 12.3. The van der Waals surface area contributed by atoms with Gasteiger partial charge in [-0.3, -0.25) is 0 Å². The third-order valence-electron chi connectivity index (χ3n) is 8.80. The largest absolute Gasteiger partial charge is 0.206 e. The molecule has 0 bridgehead atoms. The quantitative estimate of drug-likeness (QED) is 0.163. The molecule has 46 heavy (non-hydrogen) atoms. The third kappa shape index (κ3) is 5.60. The Morgan fingerprint density at radius 1 is 0.435 bits per heavy atom. The zero-order valence-electron chi connectivity index (χ0n) is 27.8. The minimum atomic E-state index is -0.957. The van der Waals surface area contributed by atoms with Gasteiger partial charge in [0.1, 0.15) is 16.0 Å². The van der Waals surface area contributed by atoms with E-state index in [1.54, 1.807) is 0 Å². The van der Waals surface area contributed by atoms with Crippen LogP contribution in [0.4, 0.5) is 8.78 Å². The number of aryl methyl sites for hydroxylation is 8. The molecule has 1 aliphatic carbocycles. The van der Waals surface area contributed by atoms with Gasteiger partial charge in [0.15, 0.2) is 0 Å². The summed E-state index contributed by atoms with van der Waals surface area (Å²) in [6.07, 6.45) is 0. The lowest BCUT2D eigenvalue weighted by Crippen LogP contribution is -2.21. The van der Waals surface area contributed by atoms with E-state index in [-0.39, 0.29) is 5.56 Å². The first-order valence-corrected chi connectivity index (χ1v) is 16.5. The minimum Gasteiger partial charge on any atom is -0.206 e. The van der Waals surface area contributed by atoms with Crippen LogP contribution in [0.3, 0.4) is 0 Å². The molecule has 6 rings (SSSR count). The molecule has 232 valence electrons. The van der Waals surface area contributed by atoms with Crippen LogP contribution in [-0.2, 0) is 4.32 Å². The van der Waals surface area contributed by atoms with Crippen molar-refractivity contribution in [2.24, 2.45) is 0 Å². The Kier molecular flexibility index (Phi) is 8.27. The van der Waals surface area contributed by atoms with Crippen LogP contribution >= 0.6 is 15.9 Å². The average Bonchev–Trinajstić information content (AvgIpc) is 3.21. The van der Waals surface area contributed by atoms with Crippen LogP contribution in [0.25, 0.3) is 22.3 Å². The van der Waals surface area contributed by atoms with E-state index in [0.717, 1.165) is 83.5 Å². The molecule has 1 unspecified atom stereocenters. The Hall–Kier alpha value is -4.08. The Labute approximate surface area is 280 Å². The maximum absolute atomic E-state index is 16.3. The summed E-state index contributed by atoms with van der Waals surface area (Å²) in [5, 5.41) is 0. The molecule has 1 aliphatic rings. The fraction of sp³-hybridized carbons (Fsp3) is 0.209. The zero-order chi connectivity index (χ0) is 33.1. The molecule has 1 atom stereocenters. The fourth-order valence-corrected chi connectivity index (χ4v) is 8.58. The van der Waals surface area contributed by atoms with Crippen LogP contribution in [0.15, 0.2) is 91.0 Å². The van der Waals surface area contributed by atoms with Crippen LogP contribution in [-0.4, -0.2) is 0 Å². The highest BCUT2D eigenvalue weighted by atomic mass is 79.9. The fourth-order valence-electron chi connectivity index (χ4n) is 7.50. The van der Waals surface area contributed by atoms with Gasteiger partial charge >= 0.3 is 0 Å². The molecule has 5 aromatic rings. The van der Waals surface area contributed by atoms with Gasteiger partial charge in [0.05, 0.1) is 5.56 Å². The molecule has 3 heteroatoms. The van der Waals surface area contributed by atoms with E-state index in [1.165, 1.54) is 18.2 Å². The van der Waals surface area contributed by atoms with Gasteiger partial charge in [-0.25, -0.2) is 8.78 Å². The van der Waals surface area contributed by atoms with E-state index < -0.39 is 16.0 Å². The Bertz CT molecular complexity index is 2010. The first-order valence-electron chi connectivity index (χ1n) is 15.7. The Morgan fingerprint density at radius 3 is 1.15 bits per heavy atom. The van der Waals surface area contributed by atoms with Crippen LogP contribution in [0, 0.1) is 67.0 Å². The summed E-state index contributed by atoms with van der Waals surface area (Å²) in [4.78, 5) is 0. The van der Waals surface area contributed by atoms with Crippen molar-refractivity contribution in [3.05, 3.63) is 175 Å². The van der Waals surface area contributed by atoms with E-state index in [2.05, 4.69) is 144 Å². The molecule has 5 aromatic carbocycles. The van der Waals surface area contributed by atoms with Gasteiger partial charge in [0.25, 0.3) is 0 Å². The molecule has 0 heterocycles. The summed E-state index contributed by atoms with van der Waals surface area (Å²) in [5.41, 5.74) is 15.9. The lowest BCUT2D eigenvalue weighted by atomic mass is 9.79. The summed E-state index contributed by atoms with van der Waals surface area (Å²) in [5.74, 6) is -1.17. The predicted molar refractivity (Wildman–Crippen MR) is 194 cm³/mol. The van der Waals surface area contributed by atoms with Crippen molar-refractivity contribution < 1.29 is 8.78 Å². The molecular weight excluding hydrogens is 634 g/mol. The molecule has 0 N–H and O–H groups in total. The second-order valence-electron chi connectivity index (χ2n) is 13.3. The molecule has 0 saturated heterocycles. The highest BCUT2D eigenvalue weighted by Crippen LogP contribution is 2.65. The van der Waals surface area contributed by atoms with Crippen LogP contribution in [0.5, 0.6) is 0 Å². The standard InChI is InChI=1S/C43H39BrF2/c1-24-12-25(2)17-32(16-24)38-40(39-36(45)10-9-11-37(39)46)42(34-20-28(5)14-29(6)21-34)43(44,35-22-30(7)15-31(8)23-35)41(38)33-18-26(3)13-27(4)19-33/h9-23H,1-8H3. The summed E-state index contributed by atoms with van der Waals surface area (Å²) in [6, 6.07) is 30.1. The number of rotatable bonds is 5. The van der Waals surface area contributed by atoms with Gasteiger partial charge in [-0.2, -0.15) is 0 Å². The van der Waals surface area contributed by atoms with Crippen molar-refractivity contribution in [2.45, 2.75) is 59.7 Å². The van der Waals surface area contributed by atoms with Gasteiger partial charge in [-0.1, -0.05) is 139 Å². The topological polar surface area (TPSA) is 0 Å². The number of halogens is 3. The molecule has 0 amide bonds. The molecule has 0 aliphatic heterocycles. The van der Waals surface area contributed by atoms with Crippen molar-refractivity contribution >= 4 is 38.2 Å². The lowest BCUT2D eigenvalue weighted by Gasteiger charge is -2.33. The molecule has 0 saturated carbocycles. The van der Waals surface area contributed by atoms with Crippen molar-refractivity contribution in [1.82, 2.24) is 0 Å². The smallest absolute Gasteiger partial charge is 0.134 e. The van der Waals surface area contributed by atoms with Crippen molar-refractivity contribution in [2.75, 3.05) is 0 Å². The SMILES string of the molecule is Cc1cc(C)cc(C2=C(c3cc(C)cc(C)c3)C(Br)(c3cc(C)cc(C)c3)C(c3cc(C)cc(C)c3)=C2c2c(F)cccc2F)c1.